The Morgan fingerprint density at radius 2 is 2.14 bits per heavy atom. The van der Waals surface area contributed by atoms with Crippen LogP contribution >= 0.6 is 11.8 Å². The molecule has 1 atom stereocenters. The zero-order valence-corrected chi connectivity index (χ0v) is 9.82. The Morgan fingerprint density at radius 1 is 1.50 bits per heavy atom. The van der Waals surface area contributed by atoms with E-state index < -0.39 is 0 Å². The van der Waals surface area contributed by atoms with Crippen molar-refractivity contribution in [1.82, 2.24) is 4.90 Å². The second kappa shape index (κ2) is 3.05. The standard InChI is InChI=1S/C10H17NO2S/c1-9(2,3)13-8(12)11-6-4-5-10(11)7-14-10/h4-7H2,1-3H3/t10-/m0/s1. The summed E-state index contributed by atoms with van der Waals surface area (Å²) < 4.78 is 5.37. The number of nitrogens with zero attached hydrogens (tertiary/aromatic N) is 1. The quantitative estimate of drug-likeness (QED) is 0.581. The van der Waals surface area contributed by atoms with E-state index >= 15 is 0 Å². The Balaban J connectivity index is 1.98. The molecular formula is C10H17NO2S. The zero-order chi connectivity index (χ0) is 10.4. The van der Waals surface area contributed by atoms with Crippen LogP contribution in [0.3, 0.4) is 0 Å². The van der Waals surface area contributed by atoms with Gasteiger partial charge in [0.1, 0.15) is 10.5 Å². The van der Waals surface area contributed by atoms with E-state index in [1.165, 1.54) is 0 Å². The van der Waals surface area contributed by atoms with E-state index in [9.17, 15) is 4.79 Å². The second-order valence-corrected chi connectivity index (χ2v) is 6.31. The van der Waals surface area contributed by atoms with Gasteiger partial charge in [-0.3, -0.25) is 4.90 Å². The Labute approximate surface area is 89.2 Å². The third-order valence-electron chi connectivity index (χ3n) is 2.53. The van der Waals surface area contributed by atoms with Crippen LogP contribution in [0, 0.1) is 0 Å². The number of hydrogen-bond donors (Lipinski definition) is 0. The highest BCUT2D eigenvalue weighted by Crippen LogP contribution is 2.54. The van der Waals surface area contributed by atoms with Gasteiger partial charge in [-0.05, 0) is 33.6 Å². The molecule has 2 heterocycles. The monoisotopic (exact) mass is 215 g/mol. The van der Waals surface area contributed by atoms with Gasteiger partial charge >= 0.3 is 6.09 Å². The summed E-state index contributed by atoms with van der Waals surface area (Å²) >= 11 is 1.87. The predicted molar refractivity (Wildman–Crippen MR) is 57.4 cm³/mol. The fourth-order valence-corrected chi connectivity index (χ4v) is 2.89. The summed E-state index contributed by atoms with van der Waals surface area (Å²) in [6, 6.07) is 0. The molecule has 2 saturated heterocycles. The molecule has 2 rings (SSSR count). The van der Waals surface area contributed by atoms with E-state index in [0.717, 1.165) is 25.1 Å². The number of ether oxygens (including phenoxy) is 1. The van der Waals surface area contributed by atoms with Gasteiger partial charge in [-0.1, -0.05) is 0 Å². The van der Waals surface area contributed by atoms with Crippen molar-refractivity contribution in [2.45, 2.75) is 44.1 Å². The molecule has 4 heteroatoms. The lowest BCUT2D eigenvalue weighted by molar-refractivity contribution is 0.0236. The smallest absolute Gasteiger partial charge is 0.411 e. The normalized spacial score (nSPS) is 30.9. The Kier molecular flexibility index (Phi) is 2.21. The molecule has 1 amide bonds. The van der Waals surface area contributed by atoms with Crippen molar-refractivity contribution in [2.24, 2.45) is 0 Å². The molecule has 3 nitrogen and oxygen atoms in total. The molecule has 80 valence electrons. The van der Waals surface area contributed by atoms with Crippen LogP contribution in [-0.2, 0) is 4.74 Å². The SMILES string of the molecule is CC(C)(C)OC(=O)N1CCC[C@]12CS2. The molecule has 0 radical (unpaired) electrons. The molecule has 0 unspecified atom stereocenters. The number of rotatable bonds is 0. The fourth-order valence-electron chi connectivity index (χ4n) is 1.81. The summed E-state index contributed by atoms with van der Waals surface area (Å²) in [5, 5.41) is 0. The Morgan fingerprint density at radius 3 is 2.64 bits per heavy atom. The predicted octanol–water partition coefficient (Wildman–Crippen LogP) is 2.46. The summed E-state index contributed by atoms with van der Waals surface area (Å²) in [7, 11) is 0. The highest BCUT2D eigenvalue weighted by molar-refractivity contribution is 8.07. The summed E-state index contributed by atoms with van der Waals surface area (Å²) in [5.41, 5.74) is -0.375. The summed E-state index contributed by atoms with van der Waals surface area (Å²) in [4.78, 5) is 13.8. The second-order valence-electron chi connectivity index (χ2n) is 4.97. The van der Waals surface area contributed by atoms with Crippen LogP contribution in [0.1, 0.15) is 33.6 Å². The van der Waals surface area contributed by atoms with Crippen LogP contribution in [0.25, 0.3) is 0 Å². The third-order valence-corrected chi connectivity index (χ3v) is 3.91. The minimum Gasteiger partial charge on any atom is -0.444 e. The molecule has 1 spiro atoms. The fraction of sp³-hybridized carbons (Fsp3) is 0.900. The minimum atomic E-state index is -0.375. The van der Waals surface area contributed by atoms with E-state index in [2.05, 4.69) is 0 Å². The number of likely N-dealkylation sites (tertiary alicyclic amines) is 1. The molecule has 0 aliphatic carbocycles. The highest BCUT2D eigenvalue weighted by atomic mass is 32.2. The molecule has 0 aromatic rings. The lowest BCUT2D eigenvalue weighted by Crippen LogP contribution is -2.41. The number of carbonyl (C=O) groups is 1. The maximum atomic E-state index is 11.8. The molecule has 2 fully saturated rings. The largest absolute Gasteiger partial charge is 0.444 e. The van der Waals surface area contributed by atoms with Crippen molar-refractivity contribution in [2.75, 3.05) is 12.3 Å². The molecular weight excluding hydrogens is 198 g/mol. The summed E-state index contributed by atoms with van der Waals surface area (Å²) in [5.74, 6) is 1.09. The van der Waals surface area contributed by atoms with Crippen molar-refractivity contribution < 1.29 is 9.53 Å². The van der Waals surface area contributed by atoms with Crippen LogP contribution in [-0.4, -0.2) is 33.8 Å². The van der Waals surface area contributed by atoms with Gasteiger partial charge in [0.15, 0.2) is 0 Å². The van der Waals surface area contributed by atoms with Gasteiger partial charge in [0, 0.05) is 12.3 Å². The first kappa shape index (κ1) is 10.1. The topological polar surface area (TPSA) is 29.5 Å². The average molecular weight is 215 g/mol. The van der Waals surface area contributed by atoms with E-state index in [4.69, 9.17) is 4.74 Å². The van der Waals surface area contributed by atoms with Crippen molar-refractivity contribution in [3.05, 3.63) is 0 Å². The Bertz CT molecular complexity index is 255. The van der Waals surface area contributed by atoms with Gasteiger partial charge in [0.05, 0.1) is 0 Å². The van der Waals surface area contributed by atoms with Gasteiger partial charge in [0.2, 0.25) is 0 Å². The molecule has 14 heavy (non-hydrogen) atoms. The number of thioether (sulfide) groups is 1. The maximum absolute atomic E-state index is 11.8. The maximum Gasteiger partial charge on any atom is 0.411 e. The summed E-state index contributed by atoms with van der Waals surface area (Å²) in [6.07, 6.45) is 2.11. The van der Waals surface area contributed by atoms with Gasteiger partial charge < -0.3 is 4.74 Å². The molecule has 0 saturated carbocycles. The number of amides is 1. The van der Waals surface area contributed by atoms with Crippen molar-refractivity contribution >= 4 is 17.9 Å². The van der Waals surface area contributed by atoms with Crippen molar-refractivity contribution in [3.63, 3.8) is 0 Å². The van der Waals surface area contributed by atoms with Crippen LogP contribution < -0.4 is 0 Å². The molecule has 2 aliphatic rings. The highest BCUT2D eigenvalue weighted by Gasteiger charge is 2.55. The average Bonchev–Trinajstić information content (AvgIpc) is 2.58. The van der Waals surface area contributed by atoms with E-state index in [1.54, 1.807) is 0 Å². The zero-order valence-electron chi connectivity index (χ0n) is 9.00. The Hall–Kier alpha value is -0.380. The summed E-state index contributed by atoms with van der Waals surface area (Å²) in [6.45, 7) is 6.59. The molecule has 0 aromatic carbocycles. The van der Waals surface area contributed by atoms with E-state index in [-0.39, 0.29) is 16.6 Å². The molecule has 0 bridgehead atoms. The van der Waals surface area contributed by atoms with E-state index in [0.29, 0.717) is 0 Å². The van der Waals surface area contributed by atoms with Gasteiger partial charge in [-0.25, -0.2) is 4.79 Å². The molecule has 0 N–H and O–H groups in total. The van der Waals surface area contributed by atoms with Crippen LogP contribution in [0.15, 0.2) is 0 Å². The lowest BCUT2D eigenvalue weighted by atomic mass is 10.2. The third kappa shape index (κ3) is 1.85. The first-order valence-corrected chi connectivity index (χ1v) is 6.06. The van der Waals surface area contributed by atoms with Gasteiger partial charge in [-0.15, -0.1) is 11.8 Å². The van der Waals surface area contributed by atoms with E-state index in [1.807, 2.05) is 37.4 Å². The minimum absolute atomic E-state index is 0.127. The first-order valence-electron chi connectivity index (χ1n) is 5.08. The van der Waals surface area contributed by atoms with Crippen molar-refractivity contribution in [3.8, 4) is 0 Å². The number of carbonyl (C=O) groups excluding carboxylic acids is 1. The first-order chi connectivity index (χ1) is 6.43. The number of hydrogen-bond acceptors (Lipinski definition) is 3. The van der Waals surface area contributed by atoms with Gasteiger partial charge in [-0.2, -0.15) is 0 Å². The van der Waals surface area contributed by atoms with Crippen molar-refractivity contribution in [1.29, 1.82) is 0 Å². The van der Waals surface area contributed by atoms with Crippen LogP contribution in [0.4, 0.5) is 4.79 Å². The van der Waals surface area contributed by atoms with Crippen LogP contribution in [0.5, 0.6) is 0 Å². The van der Waals surface area contributed by atoms with Gasteiger partial charge in [0.25, 0.3) is 0 Å². The molecule has 0 aromatic heterocycles. The lowest BCUT2D eigenvalue weighted by Gasteiger charge is -2.27. The molecule has 2 aliphatic heterocycles. The van der Waals surface area contributed by atoms with Crippen LogP contribution in [0.2, 0.25) is 0 Å².